The zero-order valence-corrected chi connectivity index (χ0v) is 15.6. The Morgan fingerprint density at radius 3 is 2.52 bits per heavy atom. The summed E-state index contributed by atoms with van der Waals surface area (Å²) in [6, 6.07) is 13.1. The highest BCUT2D eigenvalue weighted by Crippen LogP contribution is 2.41. The third-order valence-electron chi connectivity index (χ3n) is 4.25. The number of halogens is 4. The smallest absolute Gasteiger partial charge is 0.293 e. The second-order valence-corrected chi connectivity index (χ2v) is 6.69. The van der Waals surface area contributed by atoms with Gasteiger partial charge in [0, 0.05) is 22.9 Å². The van der Waals surface area contributed by atoms with Gasteiger partial charge in [-0.05, 0) is 18.2 Å². The summed E-state index contributed by atoms with van der Waals surface area (Å²) in [5.41, 5.74) is -2.07. The van der Waals surface area contributed by atoms with Gasteiger partial charge in [0.25, 0.3) is 18.4 Å². The maximum absolute atomic E-state index is 14.3. The van der Waals surface area contributed by atoms with Crippen LogP contribution in [0, 0.1) is 5.82 Å². The van der Waals surface area contributed by atoms with E-state index in [9.17, 15) is 18.0 Å². The molecule has 142 valence electrons. The van der Waals surface area contributed by atoms with E-state index in [-0.39, 0.29) is 23.3 Å². The number of carbonyl (C=O) groups excluding carboxylic acids is 1. The molecule has 0 fully saturated rings. The minimum absolute atomic E-state index is 0.218. The molecule has 0 aromatic heterocycles. The maximum Gasteiger partial charge on any atom is 0.293 e. The van der Waals surface area contributed by atoms with Crippen LogP contribution in [0.15, 0.2) is 59.6 Å². The standard InChI is InChI=1S/C19H16BrF3N2O2/c20-11-13-10-19(17(22)23,14-8-4-5-9-15(14)21)25-18(27-13)24-16(26)12-6-2-1-3-7-12/h1-9,13,17H,10-11H2,(H,24,25,26)/t13-,19-/m0/s1. The lowest BCUT2D eigenvalue weighted by Gasteiger charge is -2.37. The van der Waals surface area contributed by atoms with E-state index in [4.69, 9.17) is 4.74 Å². The summed E-state index contributed by atoms with van der Waals surface area (Å²) in [7, 11) is 0. The first-order valence-corrected chi connectivity index (χ1v) is 9.30. The Morgan fingerprint density at radius 2 is 1.89 bits per heavy atom. The lowest BCUT2D eigenvalue weighted by Crippen LogP contribution is -2.48. The summed E-state index contributed by atoms with van der Waals surface area (Å²) in [6.45, 7) is 0. The Labute approximate surface area is 162 Å². The van der Waals surface area contributed by atoms with Crippen LogP contribution in [0.1, 0.15) is 22.3 Å². The van der Waals surface area contributed by atoms with Crippen molar-refractivity contribution in [3.8, 4) is 0 Å². The molecule has 1 amide bonds. The van der Waals surface area contributed by atoms with Crippen molar-refractivity contribution >= 4 is 27.9 Å². The van der Waals surface area contributed by atoms with Crippen molar-refractivity contribution in [2.45, 2.75) is 24.5 Å². The van der Waals surface area contributed by atoms with Crippen molar-refractivity contribution in [3.63, 3.8) is 0 Å². The molecule has 1 aliphatic heterocycles. The third kappa shape index (κ3) is 4.00. The fraction of sp³-hybridized carbons (Fsp3) is 0.263. The number of amidine groups is 1. The number of alkyl halides is 3. The van der Waals surface area contributed by atoms with Crippen molar-refractivity contribution < 1.29 is 22.7 Å². The molecule has 0 radical (unpaired) electrons. The molecule has 2 aromatic rings. The summed E-state index contributed by atoms with van der Waals surface area (Å²) >= 11 is 3.21. The molecule has 2 aromatic carbocycles. The molecule has 1 heterocycles. The van der Waals surface area contributed by atoms with Crippen molar-refractivity contribution in [2.75, 3.05) is 5.33 Å². The molecular formula is C19H16BrF3N2O2. The topological polar surface area (TPSA) is 50.7 Å². The highest BCUT2D eigenvalue weighted by atomic mass is 79.9. The number of benzene rings is 2. The average Bonchev–Trinajstić information content (AvgIpc) is 2.68. The normalized spacial score (nSPS) is 22.1. The van der Waals surface area contributed by atoms with Gasteiger partial charge in [-0.3, -0.25) is 10.1 Å². The maximum atomic E-state index is 14.3. The molecule has 0 saturated carbocycles. The molecule has 0 unspecified atom stereocenters. The van der Waals surface area contributed by atoms with Crippen molar-refractivity contribution in [2.24, 2.45) is 4.99 Å². The number of hydrogen-bond donors (Lipinski definition) is 1. The third-order valence-corrected chi connectivity index (χ3v) is 4.97. The Balaban J connectivity index is 2.01. The molecule has 0 saturated heterocycles. The van der Waals surface area contributed by atoms with E-state index in [0.717, 1.165) is 6.07 Å². The predicted molar refractivity (Wildman–Crippen MR) is 98.7 cm³/mol. The average molecular weight is 441 g/mol. The minimum atomic E-state index is -3.00. The van der Waals surface area contributed by atoms with Gasteiger partial charge in [0.05, 0.1) is 0 Å². The first-order chi connectivity index (χ1) is 13.0. The molecule has 2 atom stereocenters. The number of carbonyl (C=O) groups is 1. The largest absolute Gasteiger partial charge is 0.461 e. The second kappa shape index (κ2) is 8.12. The first-order valence-electron chi connectivity index (χ1n) is 8.18. The second-order valence-electron chi connectivity index (χ2n) is 6.04. The number of hydrogen-bond acceptors (Lipinski definition) is 3. The predicted octanol–water partition coefficient (Wildman–Crippen LogP) is 4.26. The summed E-state index contributed by atoms with van der Waals surface area (Å²) in [5.74, 6) is -1.34. The van der Waals surface area contributed by atoms with E-state index in [1.807, 2.05) is 0 Å². The van der Waals surface area contributed by atoms with Gasteiger partial charge in [-0.1, -0.05) is 52.3 Å². The SMILES string of the molecule is O=C(NC1=N[C@@](c2ccccc2F)(C(F)F)C[C@@H](CBr)O1)c1ccccc1. The van der Waals surface area contributed by atoms with Crippen LogP contribution in [-0.4, -0.2) is 29.8 Å². The number of nitrogens with one attached hydrogen (secondary N) is 1. The van der Waals surface area contributed by atoms with Crippen LogP contribution >= 0.6 is 15.9 Å². The van der Waals surface area contributed by atoms with Gasteiger partial charge in [-0.2, -0.15) is 0 Å². The van der Waals surface area contributed by atoms with Crippen LogP contribution in [0.5, 0.6) is 0 Å². The van der Waals surface area contributed by atoms with Crippen molar-refractivity contribution in [1.29, 1.82) is 0 Å². The Kier molecular flexibility index (Phi) is 5.84. The molecule has 8 heteroatoms. The molecule has 4 nitrogen and oxygen atoms in total. The van der Waals surface area contributed by atoms with E-state index >= 15 is 0 Å². The number of rotatable bonds is 4. The number of nitrogens with zero attached hydrogens (tertiary/aromatic N) is 1. The lowest BCUT2D eigenvalue weighted by molar-refractivity contribution is 0.00517. The summed E-state index contributed by atoms with van der Waals surface area (Å²) in [4.78, 5) is 16.3. The van der Waals surface area contributed by atoms with Gasteiger partial charge in [-0.15, -0.1) is 0 Å². The quantitative estimate of drug-likeness (QED) is 0.722. The number of amides is 1. The van der Waals surface area contributed by atoms with Crippen LogP contribution in [0.2, 0.25) is 0 Å². The van der Waals surface area contributed by atoms with E-state index < -0.39 is 29.8 Å². The number of aliphatic imine (C=N–C) groups is 1. The number of ether oxygens (including phenoxy) is 1. The minimum Gasteiger partial charge on any atom is -0.461 e. The van der Waals surface area contributed by atoms with Gasteiger partial charge in [0.2, 0.25) is 0 Å². The summed E-state index contributed by atoms with van der Waals surface area (Å²) < 4.78 is 48.1. The Morgan fingerprint density at radius 1 is 1.22 bits per heavy atom. The summed E-state index contributed by atoms with van der Waals surface area (Å²) in [5, 5.41) is 2.63. The van der Waals surface area contributed by atoms with E-state index in [1.165, 1.54) is 18.2 Å². The molecule has 0 spiro atoms. The molecule has 27 heavy (non-hydrogen) atoms. The molecule has 3 rings (SSSR count). The van der Waals surface area contributed by atoms with Crippen LogP contribution in [0.25, 0.3) is 0 Å². The summed E-state index contributed by atoms with van der Waals surface area (Å²) in [6.07, 6.45) is -3.95. The molecule has 0 aliphatic carbocycles. The van der Waals surface area contributed by atoms with Crippen LogP contribution in [-0.2, 0) is 10.3 Å². The monoisotopic (exact) mass is 440 g/mol. The van der Waals surface area contributed by atoms with Crippen LogP contribution in [0.3, 0.4) is 0 Å². The zero-order chi connectivity index (χ0) is 19.4. The van der Waals surface area contributed by atoms with E-state index in [0.29, 0.717) is 5.56 Å². The van der Waals surface area contributed by atoms with E-state index in [1.54, 1.807) is 30.3 Å². The van der Waals surface area contributed by atoms with Crippen LogP contribution in [0.4, 0.5) is 13.2 Å². The molecule has 1 N–H and O–H groups in total. The zero-order valence-electron chi connectivity index (χ0n) is 14.0. The van der Waals surface area contributed by atoms with Gasteiger partial charge < -0.3 is 4.74 Å². The first kappa shape index (κ1) is 19.4. The highest BCUT2D eigenvalue weighted by molar-refractivity contribution is 9.09. The molecule has 0 bridgehead atoms. The van der Waals surface area contributed by atoms with Gasteiger partial charge in [0.1, 0.15) is 11.9 Å². The van der Waals surface area contributed by atoms with Gasteiger partial charge in [0.15, 0.2) is 5.54 Å². The molecular weight excluding hydrogens is 425 g/mol. The fourth-order valence-corrected chi connectivity index (χ4v) is 3.30. The van der Waals surface area contributed by atoms with E-state index in [2.05, 4.69) is 26.2 Å². The fourth-order valence-electron chi connectivity index (χ4n) is 2.94. The molecule has 1 aliphatic rings. The van der Waals surface area contributed by atoms with Gasteiger partial charge >= 0.3 is 0 Å². The lowest BCUT2D eigenvalue weighted by atomic mass is 9.84. The van der Waals surface area contributed by atoms with Crippen LogP contribution < -0.4 is 5.32 Å². The van der Waals surface area contributed by atoms with Gasteiger partial charge in [-0.25, -0.2) is 18.2 Å². The Hall–Kier alpha value is -2.35. The Bertz CT molecular complexity index is 848. The van der Waals surface area contributed by atoms with Crippen molar-refractivity contribution in [3.05, 3.63) is 71.5 Å². The highest BCUT2D eigenvalue weighted by Gasteiger charge is 2.49. The van der Waals surface area contributed by atoms with Crippen molar-refractivity contribution in [1.82, 2.24) is 5.32 Å².